The summed E-state index contributed by atoms with van der Waals surface area (Å²) in [6.07, 6.45) is -5.83. The third kappa shape index (κ3) is 7.05. The Bertz CT molecular complexity index is 1400. The van der Waals surface area contributed by atoms with Gasteiger partial charge in [0.05, 0.1) is 35.8 Å². The largest absolute Gasteiger partial charge is 0.497 e. The van der Waals surface area contributed by atoms with Crippen LogP contribution in [0.5, 0.6) is 5.75 Å². The van der Waals surface area contributed by atoms with Crippen molar-refractivity contribution >= 4 is 52.2 Å². The van der Waals surface area contributed by atoms with E-state index in [0.717, 1.165) is 6.07 Å². The fourth-order valence-electron chi connectivity index (χ4n) is 4.09. The van der Waals surface area contributed by atoms with Crippen LogP contribution in [-0.2, 0) is 14.4 Å². The first-order valence-corrected chi connectivity index (χ1v) is 12.7. The van der Waals surface area contributed by atoms with Crippen molar-refractivity contribution < 1.29 is 46.1 Å². The number of carbonyl (C=O) groups is 2. The molecule has 1 fully saturated rings. The number of rotatable bonds is 8. The van der Waals surface area contributed by atoms with Crippen molar-refractivity contribution in [3.63, 3.8) is 0 Å². The Morgan fingerprint density at radius 2 is 1.93 bits per heavy atom. The first kappa shape index (κ1) is 29.6. The lowest BCUT2D eigenvalue weighted by Crippen LogP contribution is -2.59. The Hall–Kier alpha value is -3.33. The molecule has 1 atom stereocenters. The first-order chi connectivity index (χ1) is 18.9. The summed E-state index contributed by atoms with van der Waals surface area (Å²) in [4.78, 5) is 35.7. The Morgan fingerprint density at radius 3 is 2.62 bits per heavy atom. The summed E-state index contributed by atoms with van der Waals surface area (Å²) in [5, 5.41) is 5.12. The number of carbonyl (C=O) groups excluding carboxylic acids is 2. The van der Waals surface area contributed by atoms with Gasteiger partial charge in [-0.1, -0.05) is 23.2 Å². The molecule has 1 unspecified atom stereocenters. The quantitative estimate of drug-likeness (QED) is 0.185. The molecule has 10 nitrogen and oxygen atoms in total. The number of anilines is 1. The van der Waals surface area contributed by atoms with Crippen LogP contribution in [0.3, 0.4) is 0 Å². The molecular weight excluding hydrogens is 585 g/mol. The predicted molar refractivity (Wildman–Crippen MR) is 136 cm³/mol. The average molecular weight is 609 g/mol. The summed E-state index contributed by atoms with van der Waals surface area (Å²) in [7, 11) is 0. The number of halogens is 6. The zero-order valence-electron chi connectivity index (χ0n) is 20.9. The number of aromatic nitrogens is 2. The summed E-state index contributed by atoms with van der Waals surface area (Å²) in [5.74, 6) is -2.45. The Kier molecular flexibility index (Phi) is 8.93. The van der Waals surface area contributed by atoms with E-state index in [2.05, 4.69) is 20.6 Å². The molecule has 3 aromatic rings. The van der Waals surface area contributed by atoms with Crippen LogP contribution < -0.4 is 15.4 Å². The number of quaternary nitrogens is 1. The molecule has 40 heavy (non-hydrogen) atoms. The molecule has 1 aliphatic rings. The van der Waals surface area contributed by atoms with Gasteiger partial charge in [-0.3, -0.25) is 10.2 Å². The highest BCUT2D eigenvalue weighted by Gasteiger charge is 2.48. The monoisotopic (exact) mass is 608 g/mol. The van der Waals surface area contributed by atoms with E-state index in [-0.39, 0.29) is 55.4 Å². The molecule has 2 aromatic carbocycles. The highest BCUT2D eigenvalue weighted by molar-refractivity contribution is 6.36. The van der Waals surface area contributed by atoms with Crippen molar-refractivity contribution in [1.29, 1.82) is 0 Å². The minimum absolute atomic E-state index is 0.00926. The fourth-order valence-corrected chi connectivity index (χ4v) is 4.77. The molecule has 1 saturated heterocycles. The number of nitrogens with one attached hydrogen (secondary N) is 3. The summed E-state index contributed by atoms with van der Waals surface area (Å²) in [5.41, 5.74) is 1.30. The molecule has 0 aliphatic carbocycles. The summed E-state index contributed by atoms with van der Waals surface area (Å²) in [6, 6.07) is 6.73. The van der Waals surface area contributed by atoms with Gasteiger partial charge < -0.3 is 19.8 Å². The highest BCUT2D eigenvalue weighted by atomic mass is 35.5. The number of morpholine rings is 1. The van der Waals surface area contributed by atoms with E-state index in [1.54, 1.807) is 25.1 Å². The number of hydroxylamine groups is 3. The van der Waals surface area contributed by atoms with Gasteiger partial charge in [0.25, 0.3) is 0 Å². The lowest BCUT2D eigenvalue weighted by Gasteiger charge is -2.37. The molecular formula is C24H24Cl2F4N5O5+. The van der Waals surface area contributed by atoms with Gasteiger partial charge in [0, 0.05) is 16.7 Å². The minimum Gasteiger partial charge on any atom is -0.486 e. The SMILES string of the molecule is CC(Oc1ccc2nc(NC(=O)NCC[N+]3(OC(=O)C(F)(F)F)CCOCC3)[nH]c2c1)c1c(Cl)ccc(F)c1Cl. The van der Waals surface area contributed by atoms with Crippen molar-refractivity contribution in [2.24, 2.45) is 0 Å². The van der Waals surface area contributed by atoms with Crippen molar-refractivity contribution in [2.75, 3.05) is 44.7 Å². The molecule has 4 rings (SSSR count). The number of ether oxygens (including phenoxy) is 2. The van der Waals surface area contributed by atoms with E-state index < -0.39 is 34.7 Å². The van der Waals surface area contributed by atoms with Gasteiger partial charge in [-0.05, 0) is 31.2 Å². The van der Waals surface area contributed by atoms with Crippen molar-refractivity contribution in [1.82, 2.24) is 15.3 Å². The molecule has 216 valence electrons. The normalized spacial score (nSPS) is 15.9. The second kappa shape index (κ2) is 12.0. The van der Waals surface area contributed by atoms with Gasteiger partial charge in [0.15, 0.2) is 0 Å². The van der Waals surface area contributed by atoms with E-state index in [4.69, 9.17) is 37.5 Å². The van der Waals surface area contributed by atoms with Crippen LogP contribution in [0.1, 0.15) is 18.6 Å². The van der Waals surface area contributed by atoms with Gasteiger partial charge in [0.2, 0.25) is 5.95 Å². The smallest absolute Gasteiger partial charge is 0.486 e. The van der Waals surface area contributed by atoms with E-state index in [9.17, 15) is 27.2 Å². The van der Waals surface area contributed by atoms with Crippen molar-refractivity contribution in [3.05, 3.63) is 51.8 Å². The molecule has 0 saturated carbocycles. The number of hydrogen-bond acceptors (Lipinski definition) is 6. The number of benzene rings is 2. The number of urea groups is 1. The predicted octanol–water partition coefficient (Wildman–Crippen LogP) is 5.14. The molecule has 3 N–H and O–H groups in total. The van der Waals surface area contributed by atoms with Gasteiger partial charge in [-0.15, -0.1) is 4.65 Å². The standard InChI is InChI=1S/C24H23Cl2F4N5O5/c1-13(19-15(25)3-4-16(27)20(19)26)39-14-2-5-17-18(12-14)33-22(32-17)34-23(37)31-6-7-35(8-10-38-11-9-35)40-21(36)24(28,29)30/h2-5,12-13H,6-11H2,1H3,(H2-,31,32,33,34,37)/p+1. The maximum atomic E-state index is 13.9. The second-order valence-electron chi connectivity index (χ2n) is 8.88. The van der Waals surface area contributed by atoms with Crippen LogP contribution in [0.2, 0.25) is 10.0 Å². The minimum atomic E-state index is -5.14. The van der Waals surface area contributed by atoms with Gasteiger partial charge in [0.1, 0.15) is 37.3 Å². The number of fused-ring (bicyclic) bond motifs is 1. The van der Waals surface area contributed by atoms with E-state index in [0.29, 0.717) is 22.3 Å². The van der Waals surface area contributed by atoms with Crippen LogP contribution in [0, 0.1) is 5.82 Å². The van der Waals surface area contributed by atoms with Gasteiger partial charge in [-0.2, -0.15) is 13.2 Å². The van der Waals surface area contributed by atoms with Crippen molar-refractivity contribution in [2.45, 2.75) is 19.2 Å². The number of H-pyrrole nitrogens is 1. The third-order valence-corrected chi connectivity index (χ3v) is 6.80. The maximum absolute atomic E-state index is 13.9. The maximum Gasteiger partial charge on any atom is 0.497 e. The van der Waals surface area contributed by atoms with Crippen LogP contribution in [0.25, 0.3) is 11.0 Å². The molecule has 0 bridgehead atoms. The zero-order chi connectivity index (χ0) is 29.1. The van der Waals surface area contributed by atoms with E-state index >= 15 is 0 Å². The van der Waals surface area contributed by atoms with Gasteiger partial charge >= 0.3 is 18.2 Å². The van der Waals surface area contributed by atoms with Crippen LogP contribution in [0.4, 0.5) is 28.3 Å². The van der Waals surface area contributed by atoms with Crippen LogP contribution >= 0.6 is 23.2 Å². The lowest BCUT2D eigenvalue weighted by atomic mass is 10.1. The summed E-state index contributed by atoms with van der Waals surface area (Å²) < 4.78 is 62.5. The number of hydrogen-bond donors (Lipinski definition) is 3. The summed E-state index contributed by atoms with van der Waals surface area (Å²) in [6.45, 7) is 1.68. The molecule has 2 heterocycles. The van der Waals surface area contributed by atoms with Gasteiger partial charge in [-0.25, -0.2) is 19.0 Å². The third-order valence-electron chi connectivity index (χ3n) is 6.08. The van der Waals surface area contributed by atoms with E-state index in [1.807, 2.05) is 0 Å². The number of aromatic amines is 1. The topological polar surface area (TPSA) is 115 Å². The number of imidazole rings is 1. The van der Waals surface area contributed by atoms with Crippen LogP contribution in [-0.4, -0.2) is 72.2 Å². The first-order valence-electron chi connectivity index (χ1n) is 12.0. The molecule has 1 aliphatic heterocycles. The molecule has 2 amide bonds. The number of alkyl halides is 3. The van der Waals surface area contributed by atoms with Crippen LogP contribution in [0.15, 0.2) is 30.3 Å². The fraction of sp³-hybridized carbons (Fsp3) is 0.375. The molecule has 1 aromatic heterocycles. The summed E-state index contributed by atoms with van der Waals surface area (Å²) >= 11 is 12.2. The number of nitrogens with zero attached hydrogens (tertiary/aromatic N) is 2. The Labute approximate surface area is 235 Å². The second-order valence-corrected chi connectivity index (χ2v) is 9.67. The Balaban J connectivity index is 1.35. The highest BCUT2D eigenvalue weighted by Crippen LogP contribution is 2.35. The number of amides is 2. The molecule has 0 radical (unpaired) electrons. The molecule has 16 heteroatoms. The average Bonchev–Trinajstić information content (AvgIpc) is 3.27. The molecule has 0 spiro atoms. The Morgan fingerprint density at radius 1 is 1.20 bits per heavy atom. The lowest BCUT2D eigenvalue weighted by molar-refractivity contribution is -1.09. The zero-order valence-corrected chi connectivity index (χ0v) is 22.4. The van der Waals surface area contributed by atoms with E-state index in [1.165, 1.54) is 6.07 Å². The van der Waals surface area contributed by atoms with Crippen molar-refractivity contribution in [3.8, 4) is 5.75 Å².